The summed E-state index contributed by atoms with van der Waals surface area (Å²) in [5, 5.41) is 16.9. The van der Waals surface area contributed by atoms with E-state index in [-0.39, 0.29) is 30.1 Å². The van der Waals surface area contributed by atoms with Crippen LogP contribution in [-0.2, 0) is 9.59 Å². The van der Waals surface area contributed by atoms with Crippen molar-refractivity contribution in [1.82, 2.24) is 5.43 Å². The summed E-state index contributed by atoms with van der Waals surface area (Å²) in [7, 11) is 0. The van der Waals surface area contributed by atoms with Gasteiger partial charge in [-0.3, -0.25) is 19.7 Å². The maximum absolute atomic E-state index is 11.9. The number of benzene rings is 1. The molecule has 0 saturated carbocycles. The fourth-order valence-electron chi connectivity index (χ4n) is 1.73. The molecule has 104 valence electrons. The molecule has 0 unspecified atom stereocenters. The van der Waals surface area contributed by atoms with Crippen molar-refractivity contribution in [2.45, 2.75) is 19.8 Å². The summed E-state index contributed by atoms with van der Waals surface area (Å²) in [5.74, 6) is -0.657. The van der Waals surface area contributed by atoms with Gasteiger partial charge in [0.05, 0.1) is 4.92 Å². The number of nitrogens with zero attached hydrogens (tertiary/aromatic N) is 2. The molecule has 0 saturated heterocycles. The van der Waals surface area contributed by atoms with Crippen LogP contribution >= 0.6 is 0 Å². The van der Waals surface area contributed by atoms with Gasteiger partial charge in [-0.1, -0.05) is 0 Å². The van der Waals surface area contributed by atoms with Gasteiger partial charge in [0.2, 0.25) is 5.91 Å². The maximum atomic E-state index is 11.9. The predicted molar refractivity (Wildman–Crippen MR) is 71.3 cm³/mol. The predicted octanol–water partition coefficient (Wildman–Crippen LogP) is 1.11. The van der Waals surface area contributed by atoms with Crippen LogP contribution in [0.4, 0.5) is 11.4 Å². The van der Waals surface area contributed by atoms with Crippen molar-refractivity contribution in [3.63, 3.8) is 0 Å². The Labute approximate surface area is 114 Å². The quantitative estimate of drug-likeness (QED) is 0.635. The normalized spacial score (nSPS) is 14.2. The largest absolute Gasteiger partial charge is 0.321 e. The van der Waals surface area contributed by atoms with E-state index in [4.69, 9.17) is 0 Å². The molecule has 1 aliphatic rings. The molecule has 1 aromatic carbocycles. The molecule has 0 aliphatic carbocycles. The number of carbonyl (C=O) groups excluding carboxylic acids is 2. The molecular weight excluding hydrogens is 264 g/mol. The van der Waals surface area contributed by atoms with E-state index in [0.717, 1.165) is 0 Å². The van der Waals surface area contributed by atoms with Crippen molar-refractivity contribution in [3.05, 3.63) is 33.9 Å². The molecule has 1 heterocycles. The molecule has 1 aromatic rings. The molecule has 1 aliphatic heterocycles. The summed E-state index contributed by atoms with van der Waals surface area (Å²) in [6.07, 6.45) is 0.481. The van der Waals surface area contributed by atoms with Gasteiger partial charge in [0.15, 0.2) is 0 Å². The Bertz CT molecular complexity index is 624. The van der Waals surface area contributed by atoms with Crippen LogP contribution in [0, 0.1) is 17.0 Å². The first kappa shape index (κ1) is 13.7. The molecular formula is C12H12N4O4. The van der Waals surface area contributed by atoms with Crippen LogP contribution in [0.15, 0.2) is 23.3 Å². The number of hydrogen-bond acceptors (Lipinski definition) is 5. The lowest BCUT2D eigenvalue weighted by Crippen LogP contribution is -2.32. The second kappa shape index (κ2) is 5.47. The summed E-state index contributed by atoms with van der Waals surface area (Å²) >= 11 is 0. The van der Waals surface area contributed by atoms with Crippen molar-refractivity contribution in [3.8, 4) is 0 Å². The van der Waals surface area contributed by atoms with E-state index >= 15 is 0 Å². The van der Waals surface area contributed by atoms with Crippen molar-refractivity contribution in [2.24, 2.45) is 5.10 Å². The zero-order valence-electron chi connectivity index (χ0n) is 10.7. The highest BCUT2D eigenvalue weighted by molar-refractivity contribution is 6.43. The topological polar surface area (TPSA) is 114 Å². The standard InChI is InChI=1S/C12H12N4O4/c1-7-6-8(16(19)20)2-3-9(7)13-12(18)10-4-5-11(17)15-14-10/h2-3,6H,4-5H2,1H3,(H,13,18)(H,15,17). The van der Waals surface area contributed by atoms with Gasteiger partial charge >= 0.3 is 0 Å². The minimum absolute atomic E-state index is 0.0391. The maximum Gasteiger partial charge on any atom is 0.271 e. The summed E-state index contributed by atoms with van der Waals surface area (Å²) in [5.41, 5.74) is 3.47. The number of amides is 2. The highest BCUT2D eigenvalue weighted by Gasteiger charge is 2.19. The molecule has 8 nitrogen and oxygen atoms in total. The number of hydrazone groups is 1. The molecule has 0 fully saturated rings. The molecule has 0 radical (unpaired) electrons. The lowest BCUT2D eigenvalue weighted by Gasteiger charge is -2.13. The molecule has 0 spiro atoms. The molecule has 0 atom stereocenters. The number of carbonyl (C=O) groups is 2. The summed E-state index contributed by atoms with van der Waals surface area (Å²) < 4.78 is 0. The first-order valence-electron chi connectivity index (χ1n) is 5.89. The zero-order valence-corrected chi connectivity index (χ0v) is 10.7. The van der Waals surface area contributed by atoms with Crippen molar-refractivity contribution >= 4 is 28.9 Å². The fraction of sp³-hybridized carbons (Fsp3) is 0.250. The average Bonchev–Trinajstić information content (AvgIpc) is 2.41. The van der Waals surface area contributed by atoms with Gasteiger partial charge in [-0.25, -0.2) is 5.43 Å². The third kappa shape index (κ3) is 2.97. The van der Waals surface area contributed by atoms with E-state index in [1.54, 1.807) is 6.92 Å². The third-order valence-corrected chi connectivity index (χ3v) is 2.84. The Morgan fingerprint density at radius 3 is 2.75 bits per heavy atom. The molecule has 0 aromatic heterocycles. The minimum atomic E-state index is -0.501. The second-order valence-electron chi connectivity index (χ2n) is 4.30. The Kier molecular flexibility index (Phi) is 3.74. The number of nitro groups is 1. The van der Waals surface area contributed by atoms with Gasteiger partial charge in [-0.15, -0.1) is 0 Å². The number of nitro benzene ring substituents is 1. The molecule has 20 heavy (non-hydrogen) atoms. The van der Waals surface area contributed by atoms with E-state index in [0.29, 0.717) is 11.3 Å². The van der Waals surface area contributed by atoms with Gasteiger partial charge in [0.25, 0.3) is 11.6 Å². The summed E-state index contributed by atoms with van der Waals surface area (Å²) in [6, 6.07) is 4.15. The number of non-ortho nitro benzene ring substituents is 1. The van der Waals surface area contributed by atoms with E-state index in [1.807, 2.05) is 0 Å². The molecule has 8 heteroatoms. The van der Waals surface area contributed by atoms with Crippen LogP contribution in [0.2, 0.25) is 0 Å². The Morgan fingerprint density at radius 1 is 1.45 bits per heavy atom. The van der Waals surface area contributed by atoms with E-state index in [2.05, 4.69) is 15.8 Å². The summed E-state index contributed by atoms with van der Waals surface area (Å²) in [6.45, 7) is 1.66. The van der Waals surface area contributed by atoms with Crippen LogP contribution in [0.3, 0.4) is 0 Å². The molecule has 0 bridgehead atoms. The monoisotopic (exact) mass is 276 g/mol. The summed E-state index contributed by atoms with van der Waals surface area (Å²) in [4.78, 5) is 33.0. The van der Waals surface area contributed by atoms with E-state index in [1.165, 1.54) is 18.2 Å². The molecule has 2 rings (SSSR count). The molecule has 2 amide bonds. The third-order valence-electron chi connectivity index (χ3n) is 2.84. The van der Waals surface area contributed by atoms with Crippen molar-refractivity contribution < 1.29 is 14.5 Å². The van der Waals surface area contributed by atoms with Gasteiger partial charge in [0.1, 0.15) is 5.71 Å². The highest BCUT2D eigenvalue weighted by Crippen LogP contribution is 2.21. The first-order valence-corrected chi connectivity index (χ1v) is 5.89. The second-order valence-corrected chi connectivity index (χ2v) is 4.30. The number of hydrogen-bond donors (Lipinski definition) is 2. The Morgan fingerprint density at radius 2 is 2.20 bits per heavy atom. The lowest BCUT2D eigenvalue weighted by atomic mass is 10.1. The number of anilines is 1. The smallest absolute Gasteiger partial charge is 0.271 e. The van der Waals surface area contributed by atoms with Crippen molar-refractivity contribution in [1.29, 1.82) is 0 Å². The molecule has 2 N–H and O–H groups in total. The van der Waals surface area contributed by atoms with E-state index < -0.39 is 10.8 Å². The Balaban J connectivity index is 2.12. The van der Waals surface area contributed by atoms with Crippen LogP contribution in [0.1, 0.15) is 18.4 Å². The van der Waals surface area contributed by atoms with Crippen LogP contribution in [0.25, 0.3) is 0 Å². The van der Waals surface area contributed by atoms with Gasteiger partial charge in [-0.05, 0) is 18.6 Å². The highest BCUT2D eigenvalue weighted by atomic mass is 16.6. The van der Waals surface area contributed by atoms with Crippen LogP contribution < -0.4 is 10.7 Å². The van der Waals surface area contributed by atoms with Gasteiger partial charge < -0.3 is 5.32 Å². The number of aryl methyl sites for hydroxylation is 1. The minimum Gasteiger partial charge on any atom is -0.321 e. The van der Waals surface area contributed by atoms with Crippen LogP contribution in [0.5, 0.6) is 0 Å². The van der Waals surface area contributed by atoms with Gasteiger partial charge in [0, 0.05) is 30.7 Å². The average molecular weight is 276 g/mol. The fourth-order valence-corrected chi connectivity index (χ4v) is 1.73. The number of rotatable bonds is 3. The van der Waals surface area contributed by atoms with Crippen LogP contribution in [-0.4, -0.2) is 22.4 Å². The zero-order chi connectivity index (χ0) is 14.7. The number of nitrogens with one attached hydrogen (secondary N) is 2. The van der Waals surface area contributed by atoms with Crippen molar-refractivity contribution in [2.75, 3.05) is 5.32 Å². The first-order chi connectivity index (χ1) is 9.47. The van der Waals surface area contributed by atoms with Gasteiger partial charge in [-0.2, -0.15) is 5.10 Å². The Hall–Kier alpha value is -2.77. The lowest BCUT2D eigenvalue weighted by molar-refractivity contribution is -0.384. The SMILES string of the molecule is Cc1cc([N+](=O)[O-])ccc1NC(=O)C1=NNC(=O)CC1. The van der Waals surface area contributed by atoms with E-state index in [9.17, 15) is 19.7 Å².